The van der Waals surface area contributed by atoms with Gasteiger partial charge in [-0.15, -0.1) is 0 Å². The van der Waals surface area contributed by atoms with E-state index < -0.39 is 11.8 Å². The van der Waals surface area contributed by atoms with Gasteiger partial charge in [0.15, 0.2) is 5.65 Å². The minimum Gasteiger partial charge on any atom is -0.481 e. The first-order valence-corrected chi connectivity index (χ1v) is 6.93. The van der Waals surface area contributed by atoms with Gasteiger partial charge in [-0.1, -0.05) is 23.9 Å². The van der Waals surface area contributed by atoms with Crippen molar-refractivity contribution >= 4 is 28.8 Å². The average Bonchev–Trinajstić information content (AvgIpc) is 2.90. The lowest BCUT2D eigenvalue weighted by Crippen LogP contribution is -2.01. The molecular weight excluding hydrogens is 295 g/mol. The van der Waals surface area contributed by atoms with Gasteiger partial charge in [-0.3, -0.25) is 4.79 Å². The standard InChI is InChI=1S/C13H9FN4O2S/c14-9-3-1-2-4-10(9)18-12-8(5-17-18)13(16-7-15-12)21-6-11(19)20/h1-5,7H,6H2,(H,19,20). The number of benzene rings is 1. The number of hydrogen-bond donors (Lipinski definition) is 1. The van der Waals surface area contributed by atoms with Gasteiger partial charge in [-0.05, 0) is 12.1 Å². The first-order chi connectivity index (χ1) is 10.2. The van der Waals surface area contributed by atoms with Gasteiger partial charge in [0.05, 0.1) is 17.3 Å². The Hall–Kier alpha value is -2.48. The topological polar surface area (TPSA) is 80.9 Å². The molecule has 0 unspecified atom stereocenters. The molecule has 0 aliphatic carbocycles. The quantitative estimate of drug-likeness (QED) is 0.587. The minimum atomic E-state index is -0.937. The number of rotatable bonds is 4. The number of carbonyl (C=O) groups is 1. The van der Waals surface area contributed by atoms with Crippen molar-refractivity contribution in [3.05, 3.63) is 42.6 Å². The van der Waals surface area contributed by atoms with E-state index in [9.17, 15) is 9.18 Å². The second-order valence-corrected chi connectivity index (χ2v) is 5.07. The molecule has 1 N–H and O–H groups in total. The number of hydrogen-bond acceptors (Lipinski definition) is 5. The Morgan fingerprint density at radius 3 is 2.90 bits per heavy atom. The Labute approximate surface area is 122 Å². The van der Waals surface area contributed by atoms with E-state index in [1.807, 2.05) is 0 Å². The summed E-state index contributed by atoms with van der Waals surface area (Å²) in [6, 6.07) is 6.22. The molecular formula is C13H9FN4O2S. The normalized spacial score (nSPS) is 10.9. The molecule has 21 heavy (non-hydrogen) atoms. The molecule has 2 heterocycles. The molecule has 0 saturated heterocycles. The van der Waals surface area contributed by atoms with Crippen LogP contribution in [0.4, 0.5) is 4.39 Å². The van der Waals surface area contributed by atoms with Gasteiger partial charge >= 0.3 is 5.97 Å². The van der Waals surface area contributed by atoms with E-state index in [1.54, 1.807) is 18.2 Å². The Morgan fingerprint density at radius 1 is 1.33 bits per heavy atom. The van der Waals surface area contributed by atoms with Gasteiger partial charge in [0, 0.05) is 0 Å². The van der Waals surface area contributed by atoms with Gasteiger partial charge < -0.3 is 5.11 Å². The van der Waals surface area contributed by atoms with Crippen LogP contribution in [-0.4, -0.2) is 36.6 Å². The third kappa shape index (κ3) is 2.57. The molecule has 2 aromatic heterocycles. The van der Waals surface area contributed by atoms with E-state index in [0.29, 0.717) is 16.1 Å². The highest BCUT2D eigenvalue weighted by Crippen LogP contribution is 2.26. The Balaban J connectivity index is 2.09. The van der Waals surface area contributed by atoms with Gasteiger partial charge in [0.2, 0.25) is 0 Å². The van der Waals surface area contributed by atoms with Gasteiger partial charge in [-0.2, -0.15) is 5.10 Å². The number of halogens is 1. The second kappa shape index (κ2) is 5.49. The molecule has 106 valence electrons. The molecule has 0 amide bonds. The number of aliphatic carboxylic acids is 1. The molecule has 0 fully saturated rings. The zero-order chi connectivity index (χ0) is 14.8. The summed E-state index contributed by atoms with van der Waals surface area (Å²) < 4.78 is 15.2. The van der Waals surface area contributed by atoms with E-state index in [0.717, 1.165) is 11.8 Å². The number of carboxylic acid groups (broad SMARTS) is 1. The van der Waals surface area contributed by atoms with E-state index in [4.69, 9.17) is 5.11 Å². The van der Waals surface area contributed by atoms with Crippen molar-refractivity contribution in [3.8, 4) is 5.69 Å². The van der Waals surface area contributed by atoms with Gasteiger partial charge in [-0.25, -0.2) is 19.0 Å². The van der Waals surface area contributed by atoms with Crippen LogP contribution in [0.3, 0.4) is 0 Å². The van der Waals surface area contributed by atoms with Crippen LogP contribution < -0.4 is 0 Å². The summed E-state index contributed by atoms with van der Waals surface area (Å²) >= 11 is 1.07. The average molecular weight is 304 g/mol. The zero-order valence-corrected chi connectivity index (χ0v) is 11.4. The van der Waals surface area contributed by atoms with Crippen molar-refractivity contribution < 1.29 is 14.3 Å². The van der Waals surface area contributed by atoms with Gasteiger partial charge in [0.25, 0.3) is 0 Å². The summed E-state index contributed by atoms with van der Waals surface area (Å²) in [7, 11) is 0. The molecule has 6 nitrogen and oxygen atoms in total. The lowest BCUT2D eigenvalue weighted by Gasteiger charge is -2.04. The first kappa shape index (κ1) is 13.5. The van der Waals surface area contributed by atoms with E-state index in [-0.39, 0.29) is 11.4 Å². The van der Waals surface area contributed by atoms with E-state index in [1.165, 1.54) is 23.3 Å². The zero-order valence-electron chi connectivity index (χ0n) is 10.6. The lowest BCUT2D eigenvalue weighted by atomic mass is 10.3. The molecule has 3 aromatic rings. The van der Waals surface area contributed by atoms with Crippen LogP contribution in [0.15, 0.2) is 41.8 Å². The number of fused-ring (bicyclic) bond motifs is 1. The maximum Gasteiger partial charge on any atom is 0.313 e. The summed E-state index contributed by atoms with van der Waals surface area (Å²) in [6.45, 7) is 0. The van der Waals surface area contributed by atoms with Crippen molar-refractivity contribution in [2.24, 2.45) is 0 Å². The van der Waals surface area contributed by atoms with Crippen molar-refractivity contribution in [1.82, 2.24) is 19.7 Å². The molecule has 0 spiro atoms. The van der Waals surface area contributed by atoms with Crippen LogP contribution in [0, 0.1) is 5.82 Å². The number of aromatic nitrogens is 4. The molecule has 0 saturated carbocycles. The Morgan fingerprint density at radius 2 is 2.14 bits per heavy atom. The molecule has 1 aromatic carbocycles. The van der Waals surface area contributed by atoms with E-state index in [2.05, 4.69) is 15.1 Å². The third-order valence-corrected chi connectivity index (χ3v) is 3.73. The van der Waals surface area contributed by atoms with Crippen LogP contribution in [-0.2, 0) is 4.79 Å². The largest absolute Gasteiger partial charge is 0.481 e. The number of carboxylic acids is 1. The maximum atomic E-state index is 13.8. The highest BCUT2D eigenvalue weighted by atomic mass is 32.2. The summed E-state index contributed by atoms with van der Waals surface area (Å²) in [5.41, 5.74) is 0.711. The monoisotopic (exact) mass is 304 g/mol. The van der Waals surface area contributed by atoms with Crippen molar-refractivity contribution in [2.75, 3.05) is 5.75 Å². The van der Waals surface area contributed by atoms with Crippen LogP contribution in [0.2, 0.25) is 0 Å². The van der Waals surface area contributed by atoms with Crippen LogP contribution in [0.5, 0.6) is 0 Å². The minimum absolute atomic E-state index is 0.114. The predicted molar refractivity (Wildman–Crippen MR) is 75.0 cm³/mol. The van der Waals surface area contributed by atoms with E-state index >= 15 is 0 Å². The number of nitrogens with zero attached hydrogens (tertiary/aromatic N) is 4. The highest BCUT2D eigenvalue weighted by Gasteiger charge is 2.14. The smallest absolute Gasteiger partial charge is 0.313 e. The SMILES string of the molecule is O=C(O)CSc1ncnc2c1cnn2-c1ccccc1F. The molecule has 0 bridgehead atoms. The van der Waals surface area contributed by atoms with Gasteiger partial charge in [0.1, 0.15) is 22.9 Å². The fourth-order valence-electron chi connectivity index (χ4n) is 1.87. The third-order valence-electron chi connectivity index (χ3n) is 2.74. The highest BCUT2D eigenvalue weighted by molar-refractivity contribution is 8.00. The second-order valence-electron chi connectivity index (χ2n) is 4.11. The lowest BCUT2D eigenvalue weighted by molar-refractivity contribution is -0.133. The molecule has 0 aliphatic rings. The predicted octanol–water partition coefficient (Wildman–Crippen LogP) is 2.13. The summed E-state index contributed by atoms with van der Waals surface area (Å²) in [6.07, 6.45) is 2.82. The number of thioether (sulfide) groups is 1. The number of para-hydroxylation sites is 1. The molecule has 0 radical (unpaired) electrons. The van der Waals surface area contributed by atoms with Crippen molar-refractivity contribution in [1.29, 1.82) is 0 Å². The summed E-state index contributed by atoms with van der Waals surface area (Å²) in [4.78, 5) is 18.8. The van der Waals surface area contributed by atoms with Crippen LogP contribution in [0.25, 0.3) is 16.7 Å². The molecule has 3 rings (SSSR count). The van der Waals surface area contributed by atoms with Crippen molar-refractivity contribution in [2.45, 2.75) is 5.03 Å². The summed E-state index contributed by atoms with van der Waals surface area (Å²) in [5.74, 6) is -1.47. The first-order valence-electron chi connectivity index (χ1n) is 5.95. The fraction of sp³-hybridized carbons (Fsp3) is 0.0769. The molecule has 0 aliphatic heterocycles. The van der Waals surface area contributed by atoms with Crippen LogP contribution in [0.1, 0.15) is 0 Å². The molecule has 0 atom stereocenters. The Kier molecular flexibility index (Phi) is 3.53. The summed E-state index contributed by atoms with van der Waals surface area (Å²) in [5, 5.41) is 14.0. The maximum absolute atomic E-state index is 13.8. The Bertz CT molecular complexity index is 821. The van der Waals surface area contributed by atoms with Crippen LogP contribution >= 0.6 is 11.8 Å². The fourth-order valence-corrected chi connectivity index (χ4v) is 2.55. The molecule has 8 heteroatoms. The van der Waals surface area contributed by atoms with Crippen molar-refractivity contribution in [3.63, 3.8) is 0 Å².